The zero-order chi connectivity index (χ0) is 14.8. The highest BCUT2D eigenvalue weighted by Crippen LogP contribution is 2.23. The summed E-state index contributed by atoms with van der Waals surface area (Å²) in [6.45, 7) is 0.591. The molecule has 0 unspecified atom stereocenters. The molecule has 2 aromatic heterocycles. The third-order valence-electron chi connectivity index (χ3n) is 3.03. The van der Waals surface area contributed by atoms with E-state index >= 15 is 0 Å². The number of nitrogens with one attached hydrogen (secondary N) is 1. The fourth-order valence-corrected chi connectivity index (χ4v) is 2.78. The van der Waals surface area contributed by atoms with Crippen molar-refractivity contribution in [1.82, 2.24) is 14.7 Å². The predicted octanol–water partition coefficient (Wildman–Crippen LogP) is 2.25. The minimum atomic E-state index is -0.514. The molecule has 3 aromatic rings. The number of hydrogen-bond acceptors (Lipinski definition) is 5. The number of halogens is 1. The van der Waals surface area contributed by atoms with Crippen molar-refractivity contribution in [2.45, 2.75) is 6.54 Å². The zero-order valence-corrected chi connectivity index (χ0v) is 13.0. The Hall–Kier alpha value is -2.16. The molecule has 0 aliphatic carbocycles. The minimum absolute atomic E-state index is 0.192. The largest absolute Gasteiger partial charge is 0.423 e. The number of aromatic nitrogens is 3. The van der Waals surface area contributed by atoms with Gasteiger partial charge in [0.25, 0.3) is 5.56 Å². The van der Waals surface area contributed by atoms with E-state index in [0.717, 1.165) is 5.56 Å². The van der Waals surface area contributed by atoms with Crippen molar-refractivity contribution in [3.63, 3.8) is 0 Å². The van der Waals surface area contributed by atoms with Crippen LogP contribution in [0.2, 0.25) is 0 Å². The Bertz CT molecular complexity index is 849. The molecule has 2 heterocycles. The van der Waals surface area contributed by atoms with Crippen LogP contribution in [0.3, 0.4) is 0 Å². The molecule has 21 heavy (non-hydrogen) atoms. The lowest BCUT2D eigenvalue weighted by molar-refractivity contribution is 0.186. The van der Waals surface area contributed by atoms with Gasteiger partial charge in [0.15, 0.2) is 5.65 Å². The number of anilines is 1. The van der Waals surface area contributed by atoms with Crippen LogP contribution in [-0.2, 0) is 6.54 Å². The predicted molar refractivity (Wildman–Crippen MR) is 87.5 cm³/mol. The van der Waals surface area contributed by atoms with Crippen molar-refractivity contribution in [1.29, 1.82) is 0 Å². The summed E-state index contributed by atoms with van der Waals surface area (Å²) in [6.07, 6.45) is 1.32. The molecule has 0 fully saturated rings. The second kappa shape index (κ2) is 5.68. The van der Waals surface area contributed by atoms with Crippen LogP contribution >= 0.6 is 22.6 Å². The second-order valence-corrected chi connectivity index (χ2v) is 5.56. The first-order chi connectivity index (χ1) is 10.2. The highest BCUT2D eigenvalue weighted by Gasteiger charge is 2.12. The van der Waals surface area contributed by atoms with Crippen molar-refractivity contribution in [2.75, 3.05) is 5.32 Å². The summed E-state index contributed by atoms with van der Waals surface area (Å²) in [6, 6.07) is 11.2. The highest BCUT2D eigenvalue weighted by molar-refractivity contribution is 14.1. The SMILES string of the molecule is O=c1cc(I)c2c(NCc3ccccc3)ncnc2n1O. The van der Waals surface area contributed by atoms with E-state index in [1.165, 1.54) is 12.4 Å². The van der Waals surface area contributed by atoms with Gasteiger partial charge >= 0.3 is 0 Å². The number of nitrogens with zero attached hydrogens (tertiary/aromatic N) is 3. The highest BCUT2D eigenvalue weighted by atomic mass is 127. The normalized spacial score (nSPS) is 10.7. The monoisotopic (exact) mass is 394 g/mol. The molecule has 0 saturated heterocycles. The fraction of sp³-hybridized carbons (Fsp3) is 0.0714. The first-order valence-corrected chi connectivity index (χ1v) is 7.28. The molecular formula is C14H11IN4O2. The summed E-state index contributed by atoms with van der Waals surface area (Å²) in [7, 11) is 0. The van der Waals surface area contributed by atoms with Gasteiger partial charge in [-0.15, -0.1) is 4.73 Å². The quantitative estimate of drug-likeness (QED) is 0.526. The standard InChI is InChI=1S/C14H11IN4O2/c15-10-6-11(20)19(21)14-12(10)13(17-8-18-14)16-7-9-4-2-1-3-5-9/h1-6,8,21H,7H2,(H,16,17,18). The van der Waals surface area contributed by atoms with Gasteiger partial charge in [-0.25, -0.2) is 9.97 Å². The third-order valence-corrected chi connectivity index (χ3v) is 3.88. The molecule has 3 rings (SSSR count). The van der Waals surface area contributed by atoms with Crippen LogP contribution in [0.4, 0.5) is 5.82 Å². The van der Waals surface area contributed by atoms with Crippen LogP contribution in [0.25, 0.3) is 11.0 Å². The van der Waals surface area contributed by atoms with E-state index < -0.39 is 5.56 Å². The van der Waals surface area contributed by atoms with Crippen LogP contribution in [-0.4, -0.2) is 19.9 Å². The maximum atomic E-state index is 11.6. The Morgan fingerprint density at radius 1 is 1.24 bits per heavy atom. The zero-order valence-electron chi connectivity index (χ0n) is 10.8. The van der Waals surface area contributed by atoms with E-state index in [1.807, 2.05) is 52.9 Å². The molecule has 2 N–H and O–H groups in total. The lowest BCUT2D eigenvalue weighted by Crippen LogP contribution is -2.19. The van der Waals surface area contributed by atoms with E-state index in [1.54, 1.807) is 0 Å². The minimum Gasteiger partial charge on any atom is -0.423 e. The molecule has 0 saturated carbocycles. The van der Waals surface area contributed by atoms with Crippen LogP contribution in [0, 0.1) is 3.57 Å². The molecule has 0 spiro atoms. The average molecular weight is 394 g/mol. The Labute approximate surface area is 133 Å². The molecule has 0 aliphatic heterocycles. The van der Waals surface area contributed by atoms with Gasteiger partial charge < -0.3 is 10.5 Å². The van der Waals surface area contributed by atoms with E-state index in [-0.39, 0.29) is 5.65 Å². The molecule has 0 atom stereocenters. The smallest absolute Gasteiger partial charge is 0.285 e. The van der Waals surface area contributed by atoms with Gasteiger partial charge in [0.05, 0.1) is 5.39 Å². The third kappa shape index (κ3) is 2.68. The van der Waals surface area contributed by atoms with Crippen LogP contribution in [0.5, 0.6) is 0 Å². The molecular weight excluding hydrogens is 383 g/mol. The summed E-state index contributed by atoms with van der Waals surface area (Å²) >= 11 is 2.04. The van der Waals surface area contributed by atoms with Crippen molar-refractivity contribution >= 4 is 39.4 Å². The van der Waals surface area contributed by atoms with E-state index in [4.69, 9.17) is 0 Å². The van der Waals surface area contributed by atoms with Gasteiger partial charge in [-0.1, -0.05) is 30.3 Å². The van der Waals surface area contributed by atoms with Crippen molar-refractivity contribution in [3.05, 3.63) is 62.2 Å². The van der Waals surface area contributed by atoms with Gasteiger partial charge in [-0.05, 0) is 28.2 Å². The first kappa shape index (κ1) is 13.8. The second-order valence-electron chi connectivity index (χ2n) is 4.40. The lowest BCUT2D eigenvalue weighted by atomic mass is 10.2. The van der Waals surface area contributed by atoms with Crippen LogP contribution in [0.15, 0.2) is 47.5 Å². The van der Waals surface area contributed by atoms with Crippen LogP contribution in [0.1, 0.15) is 5.56 Å². The summed E-state index contributed by atoms with van der Waals surface area (Å²) in [4.78, 5) is 19.7. The molecule has 0 bridgehead atoms. The number of rotatable bonds is 3. The van der Waals surface area contributed by atoms with Gasteiger partial charge in [-0.2, -0.15) is 0 Å². The number of benzene rings is 1. The van der Waals surface area contributed by atoms with Gasteiger partial charge in [0, 0.05) is 16.2 Å². The van der Waals surface area contributed by atoms with Crippen molar-refractivity contribution in [3.8, 4) is 0 Å². The topological polar surface area (TPSA) is 80.0 Å². The number of fused-ring (bicyclic) bond motifs is 1. The van der Waals surface area contributed by atoms with E-state index in [9.17, 15) is 10.0 Å². The summed E-state index contributed by atoms with van der Waals surface area (Å²) in [5.74, 6) is 0.580. The van der Waals surface area contributed by atoms with Crippen molar-refractivity contribution < 1.29 is 5.21 Å². The number of hydrogen-bond donors (Lipinski definition) is 2. The first-order valence-electron chi connectivity index (χ1n) is 6.20. The average Bonchev–Trinajstić information content (AvgIpc) is 2.51. The van der Waals surface area contributed by atoms with Gasteiger partial charge in [0.1, 0.15) is 12.1 Å². The molecule has 0 radical (unpaired) electrons. The van der Waals surface area contributed by atoms with E-state index in [0.29, 0.717) is 26.0 Å². The Kier molecular flexibility index (Phi) is 3.74. The molecule has 0 amide bonds. The molecule has 1 aromatic carbocycles. The Balaban J connectivity index is 2.03. The van der Waals surface area contributed by atoms with Gasteiger partial charge in [-0.3, -0.25) is 4.79 Å². The molecule has 0 aliphatic rings. The van der Waals surface area contributed by atoms with E-state index in [2.05, 4.69) is 15.3 Å². The number of pyridine rings is 1. The molecule has 6 nitrogen and oxygen atoms in total. The molecule has 106 valence electrons. The van der Waals surface area contributed by atoms with Crippen LogP contribution < -0.4 is 10.9 Å². The maximum absolute atomic E-state index is 11.6. The summed E-state index contributed by atoms with van der Waals surface area (Å²) in [5, 5.41) is 13.6. The summed E-state index contributed by atoms with van der Waals surface area (Å²) < 4.78 is 1.22. The van der Waals surface area contributed by atoms with Crippen molar-refractivity contribution in [2.24, 2.45) is 0 Å². The Morgan fingerprint density at radius 3 is 2.76 bits per heavy atom. The Morgan fingerprint density at radius 2 is 2.00 bits per heavy atom. The molecule has 7 heteroatoms. The fourth-order valence-electron chi connectivity index (χ4n) is 2.02. The maximum Gasteiger partial charge on any atom is 0.285 e. The lowest BCUT2D eigenvalue weighted by Gasteiger charge is -2.10. The summed E-state index contributed by atoms with van der Waals surface area (Å²) in [5.41, 5.74) is 0.786. The van der Waals surface area contributed by atoms with Gasteiger partial charge in [0.2, 0.25) is 0 Å².